The van der Waals surface area contributed by atoms with Crippen molar-refractivity contribution in [2.75, 3.05) is 0 Å². The number of carbonyl (C=O) groups is 1. The second-order valence-corrected chi connectivity index (χ2v) is 3.93. The first kappa shape index (κ1) is 12.5. The first-order chi connectivity index (χ1) is 6.02. The molecular formula is C11H21O2. The van der Waals surface area contributed by atoms with Gasteiger partial charge in [-0.15, -0.1) is 0 Å². The Morgan fingerprint density at radius 1 is 1.38 bits per heavy atom. The van der Waals surface area contributed by atoms with E-state index in [0.717, 1.165) is 12.8 Å². The van der Waals surface area contributed by atoms with E-state index >= 15 is 0 Å². The van der Waals surface area contributed by atoms with Gasteiger partial charge < -0.3 is 4.74 Å². The number of hydrogen-bond donors (Lipinski definition) is 0. The molecule has 1 radical (unpaired) electrons. The Morgan fingerprint density at radius 2 is 2.00 bits per heavy atom. The Balaban J connectivity index is 3.72. The number of rotatable bonds is 6. The molecule has 0 amide bonds. The maximum Gasteiger partial charge on any atom is 0.310 e. The van der Waals surface area contributed by atoms with Gasteiger partial charge in [0.2, 0.25) is 0 Å². The highest BCUT2D eigenvalue weighted by Crippen LogP contribution is 2.18. The monoisotopic (exact) mass is 185 g/mol. The van der Waals surface area contributed by atoms with Crippen molar-refractivity contribution in [1.82, 2.24) is 0 Å². The maximum absolute atomic E-state index is 11.0. The summed E-state index contributed by atoms with van der Waals surface area (Å²) >= 11 is 0. The quantitative estimate of drug-likeness (QED) is 0.469. The van der Waals surface area contributed by atoms with E-state index < -0.39 is 0 Å². The van der Waals surface area contributed by atoms with Crippen LogP contribution in [0.4, 0.5) is 0 Å². The third-order valence-corrected chi connectivity index (χ3v) is 1.99. The topological polar surface area (TPSA) is 26.3 Å². The van der Waals surface area contributed by atoms with Gasteiger partial charge in [-0.3, -0.25) is 4.79 Å². The fourth-order valence-electron chi connectivity index (χ4n) is 1.18. The Labute approximate surface area is 81.7 Å². The third-order valence-electron chi connectivity index (χ3n) is 1.99. The van der Waals surface area contributed by atoms with E-state index in [9.17, 15) is 4.79 Å². The van der Waals surface area contributed by atoms with Crippen LogP contribution in [0.5, 0.6) is 0 Å². The van der Waals surface area contributed by atoms with Crippen molar-refractivity contribution in [3.8, 4) is 0 Å². The molecular weight excluding hydrogens is 164 g/mol. The van der Waals surface area contributed by atoms with Crippen molar-refractivity contribution < 1.29 is 9.53 Å². The van der Waals surface area contributed by atoms with Crippen LogP contribution in [0.2, 0.25) is 0 Å². The van der Waals surface area contributed by atoms with Gasteiger partial charge in [0, 0.05) is 0 Å². The van der Waals surface area contributed by atoms with Crippen LogP contribution in [0, 0.1) is 6.42 Å². The normalized spacial score (nSPS) is 11.4. The largest absolute Gasteiger partial charge is 0.459 e. The predicted molar refractivity (Wildman–Crippen MR) is 54.3 cm³/mol. The minimum Gasteiger partial charge on any atom is -0.459 e. The number of carbonyl (C=O) groups excluding carboxylic acids is 1. The molecule has 13 heavy (non-hydrogen) atoms. The van der Waals surface area contributed by atoms with Gasteiger partial charge in [-0.2, -0.15) is 0 Å². The lowest BCUT2D eigenvalue weighted by Crippen LogP contribution is -2.27. The Bertz CT molecular complexity index is 150. The van der Waals surface area contributed by atoms with Crippen LogP contribution in [-0.4, -0.2) is 11.6 Å². The Kier molecular flexibility index (Phi) is 5.76. The summed E-state index contributed by atoms with van der Waals surface area (Å²) in [4.78, 5) is 11.0. The van der Waals surface area contributed by atoms with Crippen molar-refractivity contribution in [2.24, 2.45) is 0 Å². The molecule has 0 N–H and O–H groups in total. The molecule has 0 aromatic carbocycles. The number of unbranched alkanes of at least 4 members (excludes halogenated alkanes) is 2. The summed E-state index contributed by atoms with van der Waals surface area (Å²) in [6, 6.07) is 0. The molecule has 0 fully saturated rings. The van der Waals surface area contributed by atoms with E-state index in [-0.39, 0.29) is 11.6 Å². The number of esters is 1. The predicted octanol–water partition coefficient (Wildman–Crippen LogP) is 3.11. The van der Waals surface area contributed by atoms with Gasteiger partial charge in [0.05, 0.1) is 6.42 Å². The summed E-state index contributed by atoms with van der Waals surface area (Å²) in [6.07, 6.45) is 5.93. The van der Waals surface area contributed by atoms with Crippen LogP contribution in [0.15, 0.2) is 0 Å². The smallest absolute Gasteiger partial charge is 0.310 e. The molecule has 2 heteroatoms. The lowest BCUT2D eigenvalue weighted by atomic mass is 10.0. The van der Waals surface area contributed by atoms with Crippen molar-refractivity contribution in [1.29, 1.82) is 0 Å². The SMILES string of the molecule is C[CH]C(=O)OC(C)(C)CCCCC. The van der Waals surface area contributed by atoms with Crippen LogP contribution in [-0.2, 0) is 9.53 Å². The van der Waals surface area contributed by atoms with Gasteiger partial charge in [-0.25, -0.2) is 0 Å². The highest BCUT2D eigenvalue weighted by molar-refractivity contribution is 5.78. The van der Waals surface area contributed by atoms with Gasteiger partial charge in [-0.1, -0.05) is 26.7 Å². The first-order valence-corrected chi connectivity index (χ1v) is 5.04. The fourth-order valence-corrected chi connectivity index (χ4v) is 1.18. The molecule has 0 aliphatic rings. The van der Waals surface area contributed by atoms with Gasteiger partial charge in [-0.05, 0) is 26.7 Å². The second kappa shape index (κ2) is 6.01. The minimum absolute atomic E-state index is 0.221. The van der Waals surface area contributed by atoms with E-state index in [2.05, 4.69) is 6.92 Å². The zero-order chi connectivity index (χ0) is 10.3. The molecule has 0 atom stereocenters. The van der Waals surface area contributed by atoms with E-state index in [0.29, 0.717) is 0 Å². The van der Waals surface area contributed by atoms with Crippen LogP contribution in [0.3, 0.4) is 0 Å². The molecule has 0 rings (SSSR count). The molecule has 0 heterocycles. The summed E-state index contributed by atoms with van der Waals surface area (Å²) in [6.45, 7) is 7.79. The molecule has 0 saturated heterocycles. The second-order valence-electron chi connectivity index (χ2n) is 3.93. The van der Waals surface area contributed by atoms with Crippen LogP contribution in [0.1, 0.15) is 53.4 Å². The van der Waals surface area contributed by atoms with E-state index in [4.69, 9.17) is 4.74 Å². The summed E-state index contributed by atoms with van der Waals surface area (Å²) in [5.74, 6) is -0.221. The first-order valence-electron chi connectivity index (χ1n) is 5.04. The van der Waals surface area contributed by atoms with Crippen molar-refractivity contribution in [3.05, 3.63) is 6.42 Å². The van der Waals surface area contributed by atoms with Gasteiger partial charge in [0.15, 0.2) is 0 Å². The van der Waals surface area contributed by atoms with Gasteiger partial charge >= 0.3 is 5.97 Å². The van der Waals surface area contributed by atoms with Crippen LogP contribution >= 0.6 is 0 Å². The van der Waals surface area contributed by atoms with Gasteiger partial charge in [0.1, 0.15) is 5.60 Å². The number of ether oxygens (including phenoxy) is 1. The van der Waals surface area contributed by atoms with E-state index in [1.807, 2.05) is 13.8 Å². The molecule has 0 aliphatic carbocycles. The van der Waals surface area contributed by atoms with Gasteiger partial charge in [0.25, 0.3) is 0 Å². The van der Waals surface area contributed by atoms with E-state index in [1.54, 1.807) is 6.92 Å². The van der Waals surface area contributed by atoms with Crippen molar-refractivity contribution in [2.45, 2.75) is 59.0 Å². The average Bonchev–Trinajstić information content (AvgIpc) is 2.03. The molecule has 2 nitrogen and oxygen atoms in total. The zero-order valence-electron chi connectivity index (χ0n) is 9.22. The Hall–Kier alpha value is -0.530. The summed E-state index contributed by atoms with van der Waals surface area (Å²) in [7, 11) is 0. The highest BCUT2D eigenvalue weighted by atomic mass is 16.6. The van der Waals surface area contributed by atoms with Crippen LogP contribution < -0.4 is 0 Å². The lowest BCUT2D eigenvalue weighted by molar-refractivity contribution is -0.152. The summed E-state index contributed by atoms with van der Waals surface area (Å²) < 4.78 is 5.24. The maximum atomic E-state index is 11.0. The third kappa shape index (κ3) is 6.62. The molecule has 0 aromatic heterocycles. The molecule has 0 unspecified atom stereocenters. The van der Waals surface area contributed by atoms with Crippen molar-refractivity contribution >= 4 is 5.97 Å². The standard InChI is InChI=1S/C11H21O2/c1-5-7-8-9-11(3,4)13-10(12)6-2/h6H,5,7-9H2,1-4H3. The minimum atomic E-state index is -0.307. The van der Waals surface area contributed by atoms with Crippen molar-refractivity contribution in [3.63, 3.8) is 0 Å². The average molecular weight is 185 g/mol. The summed E-state index contributed by atoms with van der Waals surface area (Å²) in [5.41, 5.74) is -0.307. The molecule has 77 valence electrons. The lowest BCUT2D eigenvalue weighted by Gasteiger charge is -2.24. The molecule has 0 spiro atoms. The highest BCUT2D eigenvalue weighted by Gasteiger charge is 2.21. The van der Waals surface area contributed by atoms with E-state index in [1.165, 1.54) is 19.3 Å². The van der Waals surface area contributed by atoms with Crippen LogP contribution in [0.25, 0.3) is 0 Å². The molecule has 0 bridgehead atoms. The Morgan fingerprint density at radius 3 is 2.46 bits per heavy atom. The summed E-state index contributed by atoms with van der Waals surface area (Å²) in [5, 5.41) is 0. The zero-order valence-corrected chi connectivity index (χ0v) is 9.22. The molecule has 0 saturated carbocycles. The molecule has 0 aliphatic heterocycles. The molecule has 0 aromatic rings. The fraction of sp³-hybridized carbons (Fsp3) is 0.818. The number of hydrogen-bond acceptors (Lipinski definition) is 2.